The summed E-state index contributed by atoms with van der Waals surface area (Å²) in [6.07, 6.45) is 0.194. The lowest BCUT2D eigenvalue weighted by atomic mass is 10.2. The Kier molecular flexibility index (Phi) is 5.80. The van der Waals surface area contributed by atoms with E-state index < -0.39 is 0 Å². The van der Waals surface area contributed by atoms with Gasteiger partial charge in [-0.1, -0.05) is 15.9 Å². The summed E-state index contributed by atoms with van der Waals surface area (Å²) in [5.41, 5.74) is 0.887. The van der Waals surface area contributed by atoms with Crippen LogP contribution in [0, 0.1) is 0 Å². The fourth-order valence-corrected chi connectivity index (χ4v) is 1.86. The zero-order valence-corrected chi connectivity index (χ0v) is 11.3. The third kappa shape index (κ3) is 4.51. The number of hydrogen-bond donors (Lipinski definition) is 2. The first-order valence-corrected chi connectivity index (χ1v) is 6.22. The van der Waals surface area contributed by atoms with Crippen LogP contribution in [0.5, 0.6) is 5.75 Å². The van der Waals surface area contributed by atoms with Crippen molar-refractivity contribution in [3.8, 4) is 5.75 Å². The first kappa shape index (κ1) is 13.5. The van der Waals surface area contributed by atoms with Crippen LogP contribution < -0.4 is 5.32 Å². The van der Waals surface area contributed by atoms with E-state index in [1.165, 1.54) is 0 Å². The molecule has 0 bridgehead atoms. The van der Waals surface area contributed by atoms with Gasteiger partial charge in [0.15, 0.2) is 0 Å². The minimum atomic E-state index is 0.194. The highest BCUT2D eigenvalue weighted by molar-refractivity contribution is 9.10. The van der Waals surface area contributed by atoms with Gasteiger partial charge < -0.3 is 15.2 Å². The molecule has 0 aliphatic heterocycles. The molecule has 4 heteroatoms. The number of phenols is 1. The van der Waals surface area contributed by atoms with E-state index in [1.807, 2.05) is 26.0 Å². The molecule has 0 amide bonds. The second-order valence-corrected chi connectivity index (χ2v) is 4.59. The minimum Gasteiger partial charge on any atom is -0.508 e. The van der Waals surface area contributed by atoms with Gasteiger partial charge in [-0.05, 0) is 32.0 Å². The highest BCUT2D eigenvalue weighted by Crippen LogP contribution is 2.21. The second kappa shape index (κ2) is 6.89. The van der Waals surface area contributed by atoms with Crippen molar-refractivity contribution in [2.75, 3.05) is 13.2 Å². The van der Waals surface area contributed by atoms with Crippen LogP contribution in [0.15, 0.2) is 22.7 Å². The van der Waals surface area contributed by atoms with Gasteiger partial charge >= 0.3 is 0 Å². The van der Waals surface area contributed by atoms with E-state index in [0.29, 0.717) is 12.3 Å². The molecule has 1 rings (SSSR count). The Morgan fingerprint density at radius 1 is 1.50 bits per heavy atom. The van der Waals surface area contributed by atoms with Crippen LogP contribution >= 0.6 is 15.9 Å². The van der Waals surface area contributed by atoms with Gasteiger partial charge in [0.2, 0.25) is 0 Å². The molecule has 0 saturated carbocycles. The summed E-state index contributed by atoms with van der Waals surface area (Å²) in [4.78, 5) is 0. The van der Waals surface area contributed by atoms with E-state index in [4.69, 9.17) is 4.74 Å². The van der Waals surface area contributed by atoms with E-state index in [0.717, 1.165) is 23.2 Å². The first-order chi connectivity index (χ1) is 7.63. The second-order valence-electron chi connectivity index (χ2n) is 3.67. The average molecular weight is 288 g/mol. The van der Waals surface area contributed by atoms with E-state index in [1.54, 1.807) is 6.07 Å². The van der Waals surface area contributed by atoms with Gasteiger partial charge in [-0.3, -0.25) is 0 Å². The van der Waals surface area contributed by atoms with Crippen LogP contribution in [0.4, 0.5) is 0 Å². The molecule has 0 aromatic heterocycles. The molecule has 0 radical (unpaired) electrons. The molecule has 0 heterocycles. The average Bonchev–Trinajstić information content (AvgIpc) is 2.23. The van der Waals surface area contributed by atoms with Gasteiger partial charge in [0.1, 0.15) is 5.75 Å². The summed E-state index contributed by atoms with van der Waals surface area (Å²) >= 11 is 3.38. The number of aromatic hydroxyl groups is 1. The molecule has 3 nitrogen and oxygen atoms in total. The Morgan fingerprint density at radius 2 is 2.25 bits per heavy atom. The topological polar surface area (TPSA) is 41.5 Å². The first-order valence-electron chi connectivity index (χ1n) is 5.43. The zero-order chi connectivity index (χ0) is 12.0. The monoisotopic (exact) mass is 287 g/mol. The van der Waals surface area contributed by atoms with Crippen LogP contribution in [-0.4, -0.2) is 24.4 Å². The van der Waals surface area contributed by atoms with Gasteiger partial charge in [-0.15, -0.1) is 0 Å². The summed E-state index contributed by atoms with van der Waals surface area (Å²) in [5.74, 6) is 0.319. The highest BCUT2D eigenvalue weighted by atomic mass is 79.9. The Bertz CT molecular complexity index is 331. The number of phenolic OH excluding ortho intramolecular Hbond substituents is 1. The van der Waals surface area contributed by atoms with Crippen LogP contribution in [0.3, 0.4) is 0 Å². The largest absolute Gasteiger partial charge is 0.508 e. The van der Waals surface area contributed by atoms with Gasteiger partial charge in [0.25, 0.3) is 0 Å². The van der Waals surface area contributed by atoms with Crippen LogP contribution in [0.2, 0.25) is 0 Å². The van der Waals surface area contributed by atoms with E-state index in [9.17, 15) is 5.11 Å². The summed E-state index contributed by atoms with van der Waals surface area (Å²) in [5, 5.41) is 12.9. The van der Waals surface area contributed by atoms with E-state index in [2.05, 4.69) is 21.2 Å². The Balaban J connectivity index is 2.39. The van der Waals surface area contributed by atoms with Crippen LogP contribution in [0.25, 0.3) is 0 Å². The molecule has 1 atom stereocenters. The quantitative estimate of drug-likeness (QED) is 0.845. The number of halogens is 1. The lowest BCUT2D eigenvalue weighted by Gasteiger charge is -2.13. The number of benzene rings is 1. The number of hydrogen-bond acceptors (Lipinski definition) is 3. The molecule has 1 aromatic carbocycles. The van der Waals surface area contributed by atoms with Crippen molar-refractivity contribution in [2.24, 2.45) is 0 Å². The van der Waals surface area contributed by atoms with Crippen molar-refractivity contribution in [2.45, 2.75) is 26.5 Å². The maximum Gasteiger partial charge on any atom is 0.120 e. The SMILES string of the molecule is CCOC(C)CNCc1cc(Br)ccc1O. The van der Waals surface area contributed by atoms with Crippen molar-refractivity contribution in [3.63, 3.8) is 0 Å². The molecule has 90 valence electrons. The van der Waals surface area contributed by atoms with Gasteiger partial charge in [-0.25, -0.2) is 0 Å². The molecule has 2 N–H and O–H groups in total. The van der Waals surface area contributed by atoms with Crippen LogP contribution in [0.1, 0.15) is 19.4 Å². The number of ether oxygens (including phenoxy) is 1. The van der Waals surface area contributed by atoms with Gasteiger partial charge in [0, 0.05) is 29.7 Å². The fourth-order valence-electron chi connectivity index (χ4n) is 1.45. The maximum atomic E-state index is 9.61. The van der Waals surface area contributed by atoms with Crippen molar-refractivity contribution >= 4 is 15.9 Å². The number of rotatable bonds is 6. The summed E-state index contributed by atoms with van der Waals surface area (Å²) in [6, 6.07) is 5.42. The standard InChI is InChI=1S/C12H18BrNO2/c1-3-16-9(2)7-14-8-10-6-11(13)4-5-12(10)15/h4-6,9,14-15H,3,7-8H2,1-2H3. The van der Waals surface area contributed by atoms with Gasteiger partial charge in [0.05, 0.1) is 6.10 Å². The van der Waals surface area contributed by atoms with Gasteiger partial charge in [-0.2, -0.15) is 0 Å². The minimum absolute atomic E-state index is 0.194. The highest BCUT2D eigenvalue weighted by Gasteiger charge is 2.03. The summed E-state index contributed by atoms with van der Waals surface area (Å²) < 4.78 is 6.37. The Labute approximate surface area is 105 Å². The zero-order valence-electron chi connectivity index (χ0n) is 9.66. The molecule has 0 saturated heterocycles. The maximum absolute atomic E-state index is 9.61. The lowest BCUT2D eigenvalue weighted by Crippen LogP contribution is -2.26. The predicted octanol–water partition coefficient (Wildman–Crippen LogP) is 2.67. The summed E-state index contributed by atoms with van der Waals surface area (Å²) in [7, 11) is 0. The van der Waals surface area contributed by atoms with E-state index >= 15 is 0 Å². The van der Waals surface area contributed by atoms with Crippen molar-refractivity contribution in [1.82, 2.24) is 5.32 Å². The molecular weight excluding hydrogens is 270 g/mol. The normalized spacial score (nSPS) is 12.7. The molecule has 0 aliphatic carbocycles. The third-order valence-electron chi connectivity index (χ3n) is 2.24. The molecule has 16 heavy (non-hydrogen) atoms. The molecule has 1 aromatic rings. The summed E-state index contributed by atoms with van der Waals surface area (Å²) in [6.45, 7) is 6.15. The Hall–Kier alpha value is -0.580. The molecule has 1 unspecified atom stereocenters. The molecule has 0 fully saturated rings. The van der Waals surface area contributed by atoms with E-state index in [-0.39, 0.29) is 6.10 Å². The predicted molar refractivity (Wildman–Crippen MR) is 68.6 cm³/mol. The van der Waals surface area contributed by atoms with Crippen molar-refractivity contribution < 1.29 is 9.84 Å². The number of nitrogens with one attached hydrogen (secondary N) is 1. The Morgan fingerprint density at radius 3 is 2.94 bits per heavy atom. The van der Waals surface area contributed by atoms with Crippen LogP contribution in [-0.2, 0) is 11.3 Å². The van der Waals surface area contributed by atoms with Crippen molar-refractivity contribution in [1.29, 1.82) is 0 Å². The van der Waals surface area contributed by atoms with Crippen molar-refractivity contribution in [3.05, 3.63) is 28.2 Å². The third-order valence-corrected chi connectivity index (χ3v) is 2.73. The fraction of sp³-hybridized carbons (Fsp3) is 0.500. The molecule has 0 aliphatic rings. The molecular formula is C12H18BrNO2. The lowest BCUT2D eigenvalue weighted by molar-refractivity contribution is 0.0759. The molecule has 0 spiro atoms. The smallest absolute Gasteiger partial charge is 0.120 e.